The highest BCUT2D eigenvalue weighted by atomic mass is 32.2. The Labute approximate surface area is 204 Å². The van der Waals surface area contributed by atoms with E-state index in [9.17, 15) is 0 Å². The molecule has 5 rings (SSSR count). The predicted molar refractivity (Wildman–Crippen MR) is 144 cm³/mol. The fourth-order valence-corrected chi connectivity index (χ4v) is 5.37. The van der Waals surface area contributed by atoms with Gasteiger partial charge in [-0.05, 0) is 67.7 Å². The summed E-state index contributed by atoms with van der Waals surface area (Å²) in [6.07, 6.45) is -0.255. The van der Waals surface area contributed by atoms with Gasteiger partial charge in [-0.2, -0.15) is 10.1 Å². The molecule has 0 saturated carbocycles. The second-order valence-electron chi connectivity index (χ2n) is 7.72. The van der Waals surface area contributed by atoms with Crippen LogP contribution in [0, 0.1) is 0 Å². The number of hydrogen-bond donors (Lipinski definition) is 0. The summed E-state index contributed by atoms with van der Waals surface area (Å²) in [4.78, 5) is 9.55. The summed E-state index contributed by atoms with van der Waals surface area (Å²) in [7, 11) is 0. The first-order valence-corrected chi connectivity index (χ1v) is 12.3. The molecule has 0 bridgehead atoms. The smallest absolute Gasteiger partial charge is 0.205 e. The van der Waals surface area contributed by atoms with Crippen LogP contribution in [0.5, 0.6) is 0 Å². The van der Waals surface area contributed by atoms with E-state index in [2.05, 4.69) is 72.2 Å². The maximum atomic E-state index is 5.97. The summed E-state index contributed by atoms with van der Waals surface area (Å²) in [6.45, 7) is 6.31. The van der Waals surface area contributed by atoms with Gasteiger partial charge in [0, 0.05) is 30.0 Å². The van der Waals surface area contributed by atoms with Gasteiger partial charge in [0.15, 0.2) is 11.3 Å². The molecule has 0 fully saturated rings. The first-order chi connectivity index (χ1) is 16.2. The number of thiocarbonyl (C=S) groups is 1. The van der Waals surface area contributed by atoms with Crippen molar-refractivity contribution in [2.24, 2.45) is 10.1 Å². The average molecular weight is 472 g/mol. The van der Waals surface area contributed by atoms with Crippen LogP contribution in [0.2, 0.25) is 0 Å². The lowest BCUT2D eigenvalue weighted by molar-refractivity contribution is 0.598. The third-order valence-corrected chi connectivity index (χ3v) is 7.14. The molecule has 0 amide bonds. The Balaban J connectivity index is 1.55. The number of hydrazone groups is 1. The van der Waals surface area contributed by atoms with Gasteiger partial charge in [-0.15, -0.1) is 0 Å². The van der Waals surface area contributed by atoms with E-state index >= 15 is 0 Å². The van der Waals surface area contributed by atoms with Crippen LogP contribution < -0.4 is 9.80 Å². The zero-order valence-electron chi connectivity index (χ0n) is 18.6. The van der Waals surface area contributed by atoms with Gasteiger partial charge in [0.1, 0.15) is 5.04 Å². The van der Waals surface area contributed by atoms with Crippen molar-refractivity contribution < 1.29 is 0 Å². The van der Waals surface area contributed by atoms with E-state index in [0.717, 1.165) is 40.1 Å². The molecule has 5 nitrogen and oxygen atoms in total. The summed E-state index contributed by atoms with van der Waals surface area (Å²) in [6, 6.07) is 29.0. The van der Waals surface area contributed by atoms with E-state index in [1.165, 1.54) is 5.69 Å². The largest absolute Gasteiger partial charge is 0.372 e. The van der Waals surface area contributed by atoms with Crippen molar-refractivity contribution in [1.29, 1.82) is 0 Å². The second kappa shape index (κ2) is 9.37. The Morgan fingerprint density at radius 3 is 2.15 bits per heavy atom. The Hall–Kier alpha value is -3.16. The molecular weight excluding hydrogens is 446 g/mol. The second-order valence-corrected chi connectivity index (χ2v) is 9.04. The number of para-hydroxylation sites is 1. The first kappa shape index (κ1) is 21.7. The Kier molecular flexibility index (Phi) is 6.15. The predicted octanol–water partition coefficient (Wildman–Crippen LogP) is 6.10. The lowest BCUT2D eigenvalue weighted by Gasteiger charge is -2.38. The number of thioether (sulfide) groups is 1. The van der Waals surface area contributed by atoms with E-state index in [0.29, 0.717) is 5.11 Å². The number of anilines is 2. The number of nitrogens with zero attached hydrogens (tertiary/aromatic N) is 5. The molecule has 2 aliphatic rings. The molecule has 0 aliphatic carbocycles. The summed E-state index contributed by atoms with van der Waals surface area (Å²) in [5, 5.41) is 8.95. The van der Waals surface area contributed by atoms with Crippen LogP contribution in [0.1, 0.15) is 31.1 Å². The van der Waals surface area contributed by atoms with Gasteiger partial charge >= 0.3 is 0 Å². The molecular formula is C26H25N5S2. The number of rotatable bonds is 6. The van der Waals surface area contributed by atoms with Crippen LogP contribution in [0.25, 0.3) is 0 Å². The highest BCUT2D eigenvalue weighted by molar-refractivity contribution is 8.27. The first-order valence-electron chi connectivity index (χ1n) is 11.1. The van der Waals surface area contributed by atoms with Gasteiger partial charge in [0.05, 0.1) is 0 Å². The fourth-order valence-electron chi connectivity index (χ4n) is 4.07. The standard InChI is InChI=1S/C26H25N5S2/c1-3-29(4-2)21-17-15-19(16-18-21)23-27-25-31(26(32)30(23)22-13-9-6-10-14-22)28-24(33-25)20-11-7-5-8-12-20/h5-18,23H,3-4H2,1-2H3/t23-/m0/s1. The summed E-state index contributed by atoms with van der Waals surface area (Å²) >= 11 is 7.54. The van der Waals surface area contributed by atoms with E-state index in [4.69, 9.17) is 22.3 Å². The number of hydrogen-bond acceptors (Lipinski definition) is 5. The molecule has 0 aromatic heterocycles. The van der Waals surface area contributed by atoms with Gasteiger partial charge in [-0.25, -0.2) is 4.99 Å². The van der Waals surface area contributed by atoms with Crippen molar-refractivity contribution in [3.05, 3.63) is 96.1 Å². The van der Waals surface area contributed by atoms with Crippen LogP contribution >= 0.6 is 24.0 Å². The van der Waals surface area contributed by atoms with Crippen molar-refractivity contribution in [3.8, 4) is 0 Å². The fraction of sp³-hybridized carbons (Fsp3) is 0.192. The van der Waals surface area contributed by atoms with Crippen LogP contribution in [0.4, 0.5) is 11.4 Å². The van der Waals surface area contributed by atoms with E-state index in [1.54, 1.807) is 16.8 Å². The Morgan fingerprint density at radius 2 is 1.52 bits per heavy atom. The molecule has 0 radical (unpaired) electrons. The van der Waals surface area contributed by atoms with E-state index < -0.39 is 0 Å². The maximum absolute atomic E-state index is 5.97. The number of benzene rings is 3. The van der Waals surface area contributed by atoms with Crippen molar-refractivity contribution >= 4 is 50.7 Å². The molecule has 3 aromatic rings. The Morgan fingerprint density at radius 1 is 0.879 bits per heavy atom. The molecule has 7 heteroatoms. The van der Waals surface area contributed by atoms with Gasteiger partial charge in [0.25, 0.3) is 0 Å². The van der Waals surface area contributed by atoms with Crippen LogP contribution in [0.3, 0.4) is 0 Å². The van der Waals surface area contributed by atoms with Crippen LogP contribution in [-0.4, -0.2) is 33.4 Å². The zero-order chi connectivity index (χ0) is 22.8. The molecule has 0 saturated heterocycles. The number of aliphatic imine (C=N–C) groups is 1. The quantitative estimate of drug-likeness (QED) is 0.406. The van der Waals surface area contributed by atoms with E-state index in [1.807, 2.05) is 36.4 Å². The van der Waals surface area contributed by atoms with Gasteiger partial charge < -0.3 is 4.90 Å². The van der Waals surface area contributed by atoms with Gasteiger partial charge in [-0.1, -0.05) is 60.7 Å². The third kappa shape index (κ3) is 4.14. The van der Waals surface area contributed by atoms with E-state index in [-0.39, 0.29) is 6.17 Å². The molecule has 0 spiro atoms. The number of amidine groups is 1. The summed E-state index contributed by atoms with van der Waals surface area (Å²) in [5.41, 5.74) is 4.37. The minimum absolute atomic E-state index is 0.255. The maximum Gasteiger partial charge on any atom is 0.205 e. The monoisotopic (exact) mass is 471 g/mol. The summed E-state index contributed by atoms with van der Waals surface area (Å²) in [5.74, 6) is 0. The molecule has 166 valence electrons. The zero-order valence-corrected chi connectivity index (χ0v) is 20.3. The lowest BCUT2D eigenvalue weighted by Crippen LogP contribution is -2.47. The minimum Gasteiger partial charge on any atom is -0.372 e. The summed E-state index contributed by atoms with van der Waals surface area (Å²) < 4.78 is 0. The third-order valence-electron chi connectivity index (χ3n) is 5.80. The Bertz CT molecular complexity index is 1190. The molecule has 0 N–H and O–H groups in total. The average Bonchev–Trinajstić information content (AvgIpc) is 3.31. The molecule has 2 heterocycles. The van der Waals surface area contributed by atoms with Gasteiger partial charge in [0.2, 0.25) is 5.11 Å². The molecule has 0 unspecified atom stereocenters. The van der Waals surface area contributed by atoms with Crippen LogP contribution in [0.15, 0.2) is 95.0 Å². The minimum atomic E-state index is -0.255. The van der Waals surface area contributed by atoms with Crippen molar-refractivity contribution in [1.82, 2.24) is 5.01 Å². The molecule has 2 aliphatic heterocycles. The topological polar surface area (TPSA) is 34.4 Å². The van der Waals surface area contributed by atoms with Crippen molar-refractivity contribution in [3.63, 3.8) is 0 Å². The van der Waals surface area contributed by atoms with Crippen LogP contribution in [-0.2, 0) is 0 Å². The van der Waals surface area contributed by atoms with Crippen molar-refractivity contribution in [2.75, 3.05) is 22.9 Å². The highest BCUT2D eigenvalue weighted by Gasteiger charge is 2.39. The molecule has 3 aromatic carbocycles. The van der Waals surface area contributed by atoms with Crippen molar-refractivity contribution in [2.45, 2.75) is 20.0 Å². The number of fused-ring (bicyclic) bond motifs is 1. The molecule has 1 atom stereocenters. The van der Waals surface area contributed by atoms with Gasteiger partial charge in [-0.3, -0.25) is 4.90 Å². The SMILES string of the molecule is CCN(CC)c1ccc([C@H]2N=C3SC(c4ccccc4)=NN3C(=S)N2c2ccccc2)cc1. The highest BCUT2D eigenvalue weighted by Crippen LogP contribution is 2.39. The normalized spacial score (nSPS) is 17.5. The molecule has 33 heavy (non-hydrogen) atoms. The lowest BCUT2D eigenvalue weighted by atomic mass is 10.1.